The minimum Gasteiger partial charge on any atom is -0.195 e. The molecule has 0 amide bonds. The van der Waals surface area contributed by atoms with Crippen LogP contribution < -0.4 is 0 Å². The summed E-state index contributed by atoms with van der Waals surface area (Å²) in [7, 11) is -1.66. The maximum atomic E-state index is 11.9. The molecule has 0 saturated carbocycles. The molecule has 0 heterocycles. The van der Waals surface area contributed by atoms with Gasteiger partial charge in [-0.3, -0.25) is 0 Å². The first-order chi connectivity index (χ1) is 6.36. The van der Waals surface area contributed by atoms with Gasteiger partial charge in [-0.1, -0.05) is 36.7 Å². The largest absolute Gasteiger partial charge is 0.281 e. The molecule has 0 aromatic carbocycles. The predicted molar refractivity (Wildman–Crippen MR) is 62.9 cm³/mol. The normalized spacial score (nSPS) is 15.1. The zero-order chi connectivity index (χ0) is 11.4. The van der Waals surface area contributed by atoms with E-state index < -0.39 is 10.2 Å². The Balaban J connectivity index is 4.59. The maximum absolute atomic E-state index is 11.9. The molecular formula is C8H19BrN2O2S. The van der Waals surface area contributed by atoms with Crippen LogP contribution in [0.3, 0.4) is 0 Å². The Morgan fingerprint density at radius 1 is 1.29 bits per heavy atom. The molecule has 0 rings (SSSR count). The molecule has 0 fully saturated rings. The second kappa shape index (κ2) is 6.05. The van der Waals surface area contributed by atoms with Crippen LogP contribution in [0.1, 0.15) is 20.8 Å². The molecule has 0 radical (unpaired) electrons. The van der Waals surface area contributed by atoms with Gasteiger partial charge in [-0.15, -0.1) is 0 Å². The molecule has 0 spiro atoms. The van der Waals surface area contributed by atoms with Crippen molar-refractivity contribution in [3.05, 3.63) is 0 Å². The van der Waals surface area contributed by atoms with Crippen LogP contribution in [0.2, 0.25) is 0 Å². The van der Waals surface area contributed by atoms with Gasteiger partial charge in [0.25, 0.3) is 10.2 Å². The smallest absolute Gasteiger partial charge is 0.195 e. The van der Waals surface area contributed by atoms with Gasteiger partial charge < -0.3 is 0 Å². The SMILES string of the molecule is CCN(CC)S(=O)(=O)N(C)CC(C)Br. The van der Waals surface area contributed by atoms with E-state index in [0.29, 0.717) is 19.6 Å². The Morgan fingerprint density at radius 3 is 2.00 bits per heavy atom. The van der Waals surface area contributed by atoms with E-state index in [2.05, 4.69) is 15.9 Å². The Morgan fingerprint density at radius 2 is 1.71 bits per heavy atom. The van der Waals surface area contributed by atoms with Gasteiger partial charge in [-0.2, -0.15) is 17.0 Å². The van der Waals surface area contributed by atoms with Crippen molar-refractivity contribution in [2.24, 2.45) is 0 Å². The molecule has 0 bridgehead atoms. The molecule has 0 aliphatic heterocycles. The fraction of sp³-hybridized carbons (Fsp3) is 1.00. The Bertz CT molecular complexity index is 250. The molecule has 1 unspecified atom stereocenters. The number of hydrogen-bond acceptors (Lipinski definition) is 2. The second-order valence-electron chi connectivity index (χ2n) is 3.15. The average Bonchev–Trinajstić information content (AvgIpc) is 2.04. The zero-order valence-electron chi connectivity index (χ0n) is 9.20. The van der Waals surface area contributed by atoms with E-state index in [0.717, 1.165) is 0 Å². The lowest BCUT2D eigenvalue weighted by Crippen LogP contribution is -2.43. The lowest BCUT2D eigenvalue weighted by atomic mass is 10.5. The summed E-state index contributed by atoms with van der Waals surface area (Å²) >= 11 is 3.34. The van der Waals surface area contributed by atoms with Crippen molar-refractivity contribution in [2.45, 2.75) is 25.6 Å². The number of halogens is 1. The minimum absolute atomic E-state index is 0.165. The van der Waals surface area contributed by atoms with Crippen molar-refractivity contribution in [1.82, 2.24) is 8.61 Å². The molecule has 0 N–H and O–H groups in total. The maximum Gasteiger partial charge on any atom is 0.281 e. The van der Waals surface area contributed by atoms with E-state index in [9.17, 15) is 8.42 Å². The fourth-order valence-corrected chi connectivity index (χ4v) is 3.28. The number of hydrogen-bond donors (Lipinski definition) is 0. The number of alkyl halides is 1. The third kappa shape index (κ3) is 3.84. The van der Waals surface area contributed by atoms with Gasteiger partial charge in [0.05, 0.1) is 0 Å². The average molecular weight is 287 g/mol. The molecule has 1 atom stereocenters. The third-order valence-corrected chi connectivity index (χ3v) is 4.33. The molecule has 0 aromatic heterocycles. The van der Waals surface area contributed by atoms with Crippen LogP contribution in [0, 0.1) is 0 Å². The van der Waals surface area contributed by atoms with Crippen LogP contribution in [0.4, 0.5) is 0 Å². The summed E-state index contributed by atoms with van der Waals surface area (Å²) in [6.45, 7) is 7.12. The molecule has 0 aromatic rings. The van der Waals surface area contributed by atoms with Gasteiger partial charge >= 0.3 is 0 Å². The highest BCUT2D eigenvalue weighted by Gasteiger charge is 2.24. The van der Waals surface area contributed by atoms with Crippen LogP contribution in [0.15, 0.2) is 0 Å². The number of nitrogens with zero attached hydrogens (tertiary/aromatic N) is 2. The van der Waals surface area contributed by atoms with E-state index >= 15 is 0 Å². The van der Waals surface area contributed by atoms with Crippen molar-refractivity contribution in [3.8, 4) is 0 Å². The minimum atomic E-state index is -3.26. The highest BCUT2D eigenvalue weighted by Crippen LogP contribution is 2.09. The van der Waals surface area contributed by atoms with Gasteiger partial charge in [-0.05, 0) is 0 Å². The summed E-state index contributed by atoms with van der Waals surface area (Å²) in [6, 6.07) is 0. The van der Waals surface area contributed by atoms with Crippen LogP contribution in [0.5, 0.6) is 0 Å². The van der Waals surface area contributed by atoms with Crippen molar-refractivity contribution < 1.29 is 8.42 Å². The highest BCUT2D eigenvalue weighted by molar-refractivity contribution is 9.09. The Kier molecular flexibility index (Phi) is 6.20. The summed E-state index contributed by atoms with van der Waals surface area (Å²) in [6.07, 6.45) is 0. The Hall–Kier alpha value is 0.350. The molecule has 0 saturated heterocycles. The van der Waals surface area contributed by atoms with Gasteiger partial charge in [-0.25, -0.2) is 0 Å². The highest BCUT2D eigenvalue weighted by atomic mass is 79.9. The lowest BCUT2D eigenvalue weighted by Gasteiger charge is -2.26. The monoisotopic (exact) mass is 286 g/mol. The van der Waals surface area contributed by atoms with Gasteiger partial charge in [0.15, 0.2) is 0 Å². The first-order valence-corrected chi connectivity index (χ1v) is 7.03. The molecule has 0 aliphatic carbocycles. The number of rotatable bonds is 6. The lowest BCUT2D eigenvalue weighted by molar-refractivity contribution is 0.379. The molecule has 14 heavy (non-hydrogen) atoms. The van der Waals surface area contributed by atoms with E-state index in [1.807, 2.05) is 20.8 Å². The molecule has 4 nitrogen and oxygen atoms in total. The van der Waals surface area contributed by atoms with E-state index in [-0.39, 0.29) is 4.83 Å². The van der Waals surface area contributed by atoms with Gasteiger partial charge in [0, 0.05) is 31.5 Å². The van der Waals surface area contributed by atoms with Crippen molar-refractivity contribution in [3.63, 3.8) is 0 Å². The standard InChI is InChI=1S/C8H19BrN2O2S/c1-5-11(6-2)14(12,13)10(4)7-8(3)9/h8H,5-7H2,1-4H3. The van der Waals surface area contributed by atoms with Gasteiger partial charge in [0.2, 0.25) is 0 Å². The molecule has 0 aliphatic rings. The van der Waals surface area contributed by atoms with Crippen molar-refractivity contribution in [2.75, 3.05) is 26.7 Å². The summed E-state index contributed by atoms with van der Waals surface area (Å²) in [4.78, 5) is 0.165. The third-order valence-electron chi connectivity index (χ3n) is 1.93. The summed E-state index contributed by atoms with van der Waals surface area (Å²) < 4.78 is 26.5. The van der Waals surface area contributed by atoms with Gasteiger partial charge in [0.1, 0.15) is 0 Å². The summed E-state index contributed by atoms with van der Waals surface area (Å²) in [5.41, 5.74) is 0. The van der Waals surface area contributed by atoms with Crippen LogP contribution >= 0.6 is 15.9 Å². The zero-order valence-corrected chi connectivity index (χ0v) is 11.6. The molecule has 6 heteroatoms. The summed E-state index contributed by atoms with van der Waals surface area (Å²) in [5, 5.41) is 0. The quantitative estimate of drug-likeness (QED) is 0.691. The molecular weight excluding hydrogens is 268 g/mol. The Labute approximate surface area is 95.6 Å². The first-order valence-electron chi connectivity index (χ1n) is 4.71. The molecule has 86 valence electrons. The van der Waals surface area contributed by atoms with Crippen LogP contribution in [-0.2, 0) is 10.2 Å². The van der Waals surface area contributed by atoms with E-state index in [1.165, 1.54) is 8.61 Å². The van der Waals surface area contributed by atoms with Crippen LogP contribution in [-0.4, -0.2) is 48.5 Å². The topological polar surface area (TPSA) is 40.6 Å². The van der Waals surface area contributed by atoms with E-state index in [4.69, 9.17) is 0 Å². The van der Waals surface area contributed by atoms with E-state index in [1.54, 1.807) is 7.05 Å². The summed E-state index contributed by atoms with van der Waals surface area (Å²) in [5.74, 6) is 0. The predicted octanol–water partition coefficient (Wildman–Crippen LogP) is 1.29. The van der Waals surface area contributed by atoms with Crippen molar-refractivity contribution >= 4 is 26.1 Å². The fourth-order valence-electron chi connectivity index (χ4n) is 1.20. The van der Waals surface area contributed by atoms with Crippen LogP contribution in [0.25, 0.3) is 0 Å². The second-order valence-corrected chi connectivity index (χ2v) is 6.75. The first kappa shape index (κ1) is 14.3. The van der Waals surface area contributed by atoms with Crippen molar-refractivity contribution in [1.29, 1.82) is 0 Å².